The van der Waals surface area contributed by atoms with Gasteiger partial charge >= 0.3 is 0 Å². The van der Waals surface area contributed by atoms with Crippen molar-refractivity contribution in [2.75, 3.05) is 0 Å². The summed E-state index contributed by atoms with van der Waals surface area (Å²) in [6, 6.07) is 81.6. The van der Waals surface area contributed by atoms with Crippen LogP contribution in [-0.4, -0.2) is 19.1 Å². The van der Waals surface area contributed by atoms with Crippen molar-refractivity contribution in [1.29, 1.82) is 0 Å². The van der Waals surface area contributed by atoms with Crippen molar-refractivity contribution < 1.29 is 0 Å². The first kappa shape index (κ1) is 38.8. The standard InChI is InChI=1S/C63H44N4/c1-40(2)66-59-28-12-10-25-52(59)55-36-44(30-32-61(55)66)43-21-14-22-48(35-43)67-60-29-13-11-26-53(60)56-37-46(31-33-62(56)67)54-38-47(34-45-19-7-9-24-50(45)54)63-64-57(42-17-4-3-5-18-42)39-58(65-63)51-27-15-20-41-16-6-8-23-49(41)51/h3-40H,1-2H3. The molecule has 10 aromatic carbocycles. The van der Waals surface area contributed by atoms with E-state index in [0.717, 1.165) is 55.8 Å². The highest BCUT2D eigenvalue weighted by Gasteiger charge is 2.19. The average molecular weight is 857 g/mol. The molecule has 13 aromatic rings. The Bertz CT molecular complexity index is 4070. The molecule has 0 saturated carbocycles. The molecule has 0 radical (unpaired) electrons. The predicted molar refractivity (Wildman–Crippen MR) is 282 cm³/mol. The van der Waals surface area contributed by atoms with Gasteiger partial charge in [-0.1, -0.05) is 158 Å². The fourth-order valence-electron chi connectivity index (χ4n) is 10.6. The number of nitrogens with zero attached hydrogens (tertiary/aromatic N) is 4. The summed E-state index contributed by atoms with van der Waals surface area (Å²) in [5.74, 6) is 0.693. The maximum atomic E-state index is 5.37. The highest BCUT2D eigenvalue weighted by Crippen LogP contribution is 2.41. The van der Waals surface area contributed by atoms with Crippen LogP contribution in [0.3, 0.4) is 0 Å². The Morgan fingerprint density at radius 1 is 0.328 bits per heavy atom. The quantitative estimate of drug-likeness (QED) is 0.160. The molecule has 0 bridgehead atoms. The molecule has 3 aromatic heterocycles. The molecule has 13 rings (SSSR count). The third-order valence-electron chi connectivity index (χ3n) is 13.6. The summed E-state index contributed by atoms with van der Waals surface area (Å²) in [7, 11) is 0. The molecule has 0 aliphatic carbocycles. The van der Waals surface area contributed by atoms with E-state index in [1.54, 1.807) is 0 Å². The first-order valence-corrected chi connectivity index (χ1v) is 23.2. The second-order valence-corrected chi connectivity index (χ2v) is 17.9. The summed E-state index contributed by atoms with van der Waals surface area (Å²) in [5.41, 5.74) is 15.6. The minimum Gasteiger partial charge on any atom is -0.338 e. The van der Waals surface area contributed by atoms with Gasteiger partial charge in [0.15, 0.2) is 5.82 Å². The van der Waals surface area contributed by atoms with Crippen LogP contribution in [0.2, 0.25) is 0 Å². The van der Waals surface area contributed by atoms with Crippen LogP contribution in [-0.2, 0) is 0 Å². The highest BCUT2D eigenvalue weighted by molar-refractivity contribution is 6.12. The van der Waals surface area contributed by atoms with Crippen LogP contribution in [0.15, 0.2) is 224 Å². The van der Waals surface area contributed by atoms with Crippen LogP contribution < -0.4 is 0 Å². The van der Waals surface area contributed by atoms with Crippen LogP contribution in [0.5, 0.6) is 0 Å². The summed E-state index contributed by atoms with van der Waals surface area (Å²) in [5, 5.41) is 9.67. The van der Waals surface area contributed by atoms with E-state index in [0.29, 0.717) is 11.9 Å². The Morgan fingerprint density at radius 2 is 0.881 bits per heavy atom. The first-order valence-electron chi connectivity index (χ1n) is 23.2. The summed E-state index contributed by atoms with van der Waals surface area (Å²) in [4.78, 5) is 10.7. The molecule has 4 heteroatoms. The van der Waals surface area contributed by atoms with Gasteiger partial charge in [-0.05, 0) is 124 Å². The minimum atomic E-state index is 0.357. The highest BCUT2D eigenvalue weighted by atomic mass is 15.0. The van der Waals surface area contributed by atoms with E-state index in [2.05, 4.69) is 241 Å². The zero-order valence-electron chi connectivity index (χ0n) is 37.2. The van der Waals surface area contributed by atoms with Gasteiger partial charge in [0.2, 0.25) is 0 Å². The number of para-hydroxylation sites is 2. The van der Waals surface area contributed by atoms with Crippen LogP contribution >= 0.6 is 0 Å². The van der Waals surface area contributed by atoms with Crippen molar-refractivity contribution in [2.45, 2.75) is 19.9 Å². The van der Waals surface area contributed by atoms with Crippen molar-refractivity contribution in [3.63, 3.8) is 0 Å². The van der Waals surface area contributed by atoms with Crippen LogP contribution in [0.4, 0.5) is 0 Å². The third kappa shape index (κ3) is 6.44. The summed E-state index contributed by atoms with van der Waals surface area (Å²) in [6.45, 7) is 4.53. The van der Waals surface area contributed by atoms with Crippen LogP contribution in [0.25, 0.3) is 127 Å². The lowest BCUT2D eigenvalue weighted by Crippen LogP contribution is -1.99. The Balaban J connectivity index is 0.960. The molecular formula is C63H44N4. The number of aromatic nitrogens is 4. The Morgan fingerprint density at radius 3 is 1.70 bits per heavy atom. The van der Waals surface area contributed by atoms with Crippen molar-refractivity contribution >= 4 is 65.2 Å². The van der Waals surface area contributed by atoms with Crippen molar-refractivity contribution in [2.24, 2.45) is 0 Å². The molecule has 3 heterocycles. The topological polar surface area (TPSA) is 35.6 Å². The second-order valence-electron chi connectivity index (χ2n) is 17.9. The molecule has 0 atom stereocenters. The molecule has 0 aliphatic rings. The Hall–Kier alpha value is -8.60. The maximum absolute atomic E-state index is 5.37. The van der Waals surface area contributed by atoms with Gasteiger partial charge < -0.3 is 9.13 Å². The van der Waals surface area contributed by atoms with Gasteiger partial charge in [-0.2, -0.15) is 0 Å². The minimum absolute atomic E-state index is 0.357. The van der Waals surface area contributed by atoms with Gasteiger partial charge in [-0.15, -0.1) is 0 Å². The molecule has 0 unspecified atom stereocenters. The van der Waals surface area contributed by atoms with Crippen molar-refractivity contribution in [3.8, 4) is 61.8 Å². The Labute approximate surface area is 388 Å². The lowest BCUT2D eigenvalue weighted by atomic mass is 9.94. The normalized spacial score (nSPS) is 11.9. The van der Waals surface area contributed by atoms with Crippen molar-refractivity contribution in [3.05, 3.63) is 224 Å². The Kier molecular flexibility index (Phi) is 9.00. The van der Waals surface area contributed by atoms with Crippen molar-refractivity contribution in [1.82, 2.24) is 19.1 Å². The summed E-state index contributed by atoms with van der Waals surface area (Å²) < 4.78 is 4.88. The zero-order chi connectivity index (χ0) is 44.6. The monoisotopic (exact) mass is 856 g/mol. The molecule has 4 nitrogen and oxygen atoms in total. The van der Waals surface area contributed by atoms with Gasteiger partial charge in [0.05, 0.1) is 22.4 Å². The number of hydrogen-bond acceptors (Lipinski definition) is 2. The maximum Gasteiger partial charge on any atom is 0.160 e. The van der Waals surface area contributed by atoms with Gasteiger partial charge in [-0.3, -0.25) is 0 Å². The molecule has 0 aliphatic heterocycles. The van der Waals surface area contributed by atoms with E-state index in [1.165, 1.54) is 65.4 Å². The fourth-order valence-corrected chi connectivity index (χ4v) is 10.6. The zero-order valence-corrected chi connectivity index (χ0v) is 37.2. The molecule has 0 saturated heterocycles. The molecule has 67 heavy (non-hydrogen) atoms. The van der Waals surface area contributed by atoms with E-state index >= 15 is 0 Å². The fraction of sp³-hybridized carbons (Fsp3) is 0.0476. The molecule has 0 spiro atoms. The van der Waals surface area contributed by atoms with Gasteiger partial charge in [0.25, 0.3) is 0 Å². The van der Waals surface area contributed by atoms with Gasteiger partial charge in [-0.25, -0.2) is 9.97 Å². The SMILES string of the molecule is CC(C)n1c2ccccc2c2cc(-c3cccc(-n4c5ccccc5c5cc(-c6cc(-c7nc(-c8ccccc8)cc(-c8cccc9ccccc89)n7)cc7ccccc67)ccc54)c3)ccc21. The largest absolute Gasteiger partial charge is 0.338 e. The van der Waals surface area contributed by atoms with E-state index in [4.69, 9.17) is 9.97 Å². The molecule has 0 fully saturated rings. The van der Waals surface area contributed by atoms with E-state index < -0.39 is 0 Å². The third-order valence-corrected chi connectivity index (χ3v) is 13.6. The second kappa shape index (κ2) is 15.5. The van der Waals surface area contributed by atoms with Crippen LogP contribution in [0, 0.1) is 0 Å². The average Bonchev–Trinajstić information content (AvgIpc) is 3.91. The van der Waals surface area contributed by atoms with Gasteiger partial charge in [0.1, 0.15) is 0 Å². The van der Waals surface area contributed by atoms with Gasteiger partial charge in [0, 0.05) is 61.0 Å². The lowest BCUT2D eigenvalue weighted by Gasteiger charge is -2.14. The summed E-state index contributed by atoms with van der Waals surface area (Å²) >= 11 is 0. The van der Waals surface area contributed by atoms with E-state index in [1.807, 2.05) is 6.07 Å². The predicted octanol–water partition coefficient (Wildman–Crippen LogP) is 16.9. The molecular weight excluding hydrogens is 813 g/mol. The first-order chi connectivity index (χ1) is 33.0. The molecule has 316 valence electrons. The van der Waals surface area contributed by atoms with E-state index in [9.17, 15) is 0 Å². The number of hydrogen-bond donors (Lipinski definition) is 0. The number of benzene rings is 10. The smallest absolute Gasteiger partial charge is 0.160 e. The molecule has 0 amide bonds. The molecule has 0 N–H and O–H groups in total. The number of rotatable bonds is 7. The van der Waals surface area contributed by atoms with Crippen LogP contribution in [0.1, 0.15) is 19.9 Å². The lowest BCUT2D eigenvalue weighted by molar-refractivity contribution is 0.642. The summed E-state index contributed by atoms with van der Waals surface area (Å²) in [6.07, 6.45) is 0. The van der Waals surface area contributed by atoms with E-state index in [-0.39, 0.29) is 0 Å². The number of fused-ring (bicyclic) bond motifs is 8.